The number of halogens is 3. The summed E-state index contributed by atoms with van der Waals surface area (Å²) in [6.07, 6.45) is -3.58. The maximum atomic E-state index is 11.6. The van der Waals surface area contributed by atoms with Gasteiger partial charge >= 0.3 is 6.18 Å². The zero-order valence-electron chi connectivity index (χ0n) is 7.29. The van der Waals surface area contributed by atoms with Crippen molar-refractivity contribution >= 4 is 0 Å². The molecule has 0 aliphatic heterocycles. The lowest BCUT2D eigenvalue weighted by Gasteiger charge is -2.01. The number of rotatable bonds is 3. The van der Waals surface area contributed by atoms with Gasteiger partial charge in [0.15, 0.2) is 0 Å². The van der Waals surface area contributed by atoms with Crippen LogP contribution in [0.1, 0.15) is 5.56 Å². The first-order chi connectivity index (χ1) is 6.58. The van der Waals surface area contributed by atoms with Gasteiger partial charge in [0.05, 0.1) is 12.3 Å². The Balaban J connectivity index is 2.33. The molecule has 0 unspecified atom stereocenters. The minimum Gasteiger partial charge on any atom is -0.497 e. The van der Waals surface area contributed by atoms with E-state index in [2.05, 4.69) is 0 Å². The van der Waals surface area contributed by atoms with E-state index < -0.39 is 6.18 Å². The molecule has 0 saturated heterocycles. The molecule has 1 nitrogen and oxygen atoms in total. The van der Waals surface area contributed by atoms with E-state index in [9.17, 15) is 13.2 Å². The van der Waals surface area contributed by atoms with E-state index in [4.69, 9.17) is 4.74 Å². The SMILES string of the molecule is FC(F)(F)/C=C\OCc1ccccc1. The van der Waals surface area contributed by atoms with E-state index in [1.54, 1.807) is 24.3 Å². The maximum Gasteiger partial charge on any atom is 0.412 e. The standard InChI is InChI=1S/C10H9F3O/c11-10(12,13)6-7-14-8-9-4-2-1-3-5-9/h1-7H,8H2/b7-6-. The molecule has 14 heavy (non-hydrogen) atoms. The van der Waals surface area contributed by atoms with Crippen LogP contribution < -0.4 is 0 Å². The molecule has 4 heteroatoms. The van der Waals surface area contributed by atoms with E-state index in [1.807, 2.05) is 6.07 Å². The molecule has 0 N–H and O–H groups in total. The van der Waals surface area contributed by atoms with Crippen molar-refractivity contribution in [3.05, 3.63) is 48.2 Å². The maximum absolute atomic E-state index is 11.6. The van der Waals surface area contributed by atoms with Gasteiger partial charge in [0, 0.05) is 0 Å². The molecule has 0 heterocycles. The lowest BCUT2D eigenvalue weighted by Crippen LogP contribution is -2.01. The quantitative estimate of drug-likeness (QED) is 0.683. The van der Waals surface area contributed by atoms with Gasteiger partial charge in [-0.2, -0.15) is 13.2 Å². The van der Waals surface area contributed by atoms with E-state index in [0.29, 0.717) is 6.26 Å². The van der Waals surface area contributed by atoms with Crippen LogP contribution in [0.4, 0.5) is 13.2 Å². The molecule has 0 aliphatic rings. The van der Waals surface area contributed by atoms with Gasteiger partial charge in [-0.1, -0.05) is 30.3 Å². The summed E-state index contributed by atoms with van der Waals surface area (Å²) in [5, 5.41) is 0. The van der Waals surface area contributed by atoms with Crippen LogP contribution in [-0.2, 0) is 11.3 Å². The smallest absolute Gasteiger partial charge is 0.412 e. The highest BCUT2D eigenvalue weighted by molar-refractivity contribution is 5.13. The van der Waals surface area contributed by atoms with Gasteiger partial charge in [-0.05, 0) is 5.56 Å². The molecule has 0 aliphatic carbocycles. The van der Waals surface area contributed by atoms with Crippen molar-refractivity contribution in [2.24, 2.45) is 0 Å². The summed E-state index contributed by atoms with van der Waals surface area (Å²) >= 11 is 0. The Morgan fingerprint density at radius 3 is 2.36 bits per heavy atom. The average molecular weight is 202 g/mol. The predicted molar refractivity (Wildman–Crippen MR) is 46.4 cm³/mol. The summed E-state index contributed by atoms with van der Waals surface area (Å²) in [5.41, 5.74) is 0.833. The van der Waals surface area contributed by atoms with Crippen molar-refractivity contribution in [2.45, 2.75) is 12.8 Å². The average Bonchev–Trinajstić information content (AvgIpc) is 2.13. The largest absolute Gasteiger partial charge is 0.497 e. The van der Waals surface area contributed by atoms with Crippen LogP contribution in [0.2, 0.25) is 0 Å². The molecular formula is C10H9F3O. The van der Waals surface area contributed by atoms with E-state index in [1.165, 1.54) is 0 Å². The van der Waals surface area contributed by atoms with Crippen molar-refractivity contribution in [2.75, 3.05) is 0 Å². The molecule has 76 valence electrons. The Morgan fingerprint density at radius 1 is 1.14 bits per heavy atom. The molecular weight excluding hydrogens is 193 g/mol. The molecule has 0 radical (unpaired) electrons. The summed E-state index contributed by atoms with van der Waals surface area (Å²) in [7, 11) is 0. The monoisotopic (exact) mass is 202 g/mol. The number of ether oxygens (including phenoxy) is 1. The summed E-state index contributed by atoms with van der Waals surface area (Å²) in [4.78, 5) is 0. The minimum atomic E-state index is -4.31. The van der Waals surface area contributed by atoms with E-state index in [0.717, 1.165) is 5.56 Å². The second-order valence-electron chi connectivity index (χ2n) is 2.64. The molecule has 0 amide bonds. The van der Waals surface area contributed by atoms with Crippen LogP contribution in [-0.4, -0.2) is 6.18 Å². The van der Waals surface area contributed by atoms with Gasteiger partial charge in [-0.3, -0.25) is 0 Å². The van der Waals surface area contributed by atoms with Crippen molar-refractivity contribution in [3.8, 4) is 0 Å². The Bertz CT molecular complexity index is 290. The number of benzene rings is 1. The molecule has 0 spiro atoms. The third-order valence-corrected chi connectivity index (χ3v) is 1.45. The highest BCUT2D eigenvalue weighted by Crippen LogP contribution is 2.15. The molecule has 1 aromatic rings. The molecule has 1 aromatic carbocycles. The number of hydrogen-bond donors (Lipinski definition) is 0. The summed E-state index contributed by atoms with van der Waals surface area (Å²) in [6.45, 7) is 0.146. The zero-order valence-corrected chi connectivity index (χ0v) is 7.29. The lowest BCUT2D eigenvalue weighted by molar-refractivity contribution is -0.0817. The van der Waals surface area contributed by atoms with Gasteiger partial charge in [0.2, 0.25) is 0 Å². The second kappa shape index (κ2) is 4.69. The lowest BCUT2D eigenvalue weighted by atomic mass is 10.2. The number of hydrogen-bond acceptors (Lipinski definition) is 1. The normalized spacial score (nSPS) is 11.9. The fraction of sp³-hybridized carbons (Fsp3) is 0.200. The molecule has 0 aromatic heterocycles. The van der Waals surface area contributed by atoms with Crippen molar-refractivity contribution in [3.63, 3.8) is 0 Å². The summed E-state index contributed by atoms with van der Waals surface area (Å²) in [6, 6.07) is 8.98. The highest BCUT2D eigenvalue weighted by Gasteiger charge is 2.22. The molecule has 0 fully saturated rings. The zero-order chi connectivity index (χ0) is 10.4. The second-order valence-corrected chi connectivity index (χ2v) is 2.64. The van der Waals surface area contributed by atoms with Crippen LogP contribution in [0.5, 0.6) is 0 Å². The van der Waals surface area contributed by atoms with Gasteiger partial charge in [-0.15, -0.1) is 0 Å². The first-order valence-electron chi connectivity index (χ1n) is 3.98. The number of allylic oxidation sites excluding steroid dienone is 1. The van der Waals surface area contributed by atoms with Crippen molar-refractivity contribution < 1.29 is 17.9 Å². The van der Waals surface area contributed by atoms with Crippen molar-refractivity contribution in [1.29, 1.82) is 0 Å². The van der Waals surface area contributed by atoms with Crippen LogP contribution in [0.3, 0.4) is 0 Å². The highest BCUT2D eigenvalue weighted by atomic mass is 19.4. The first kappa shape index (κ1) is 10.6. The van der Waals surface area contributed by atoms with Crippen LogP contribution in [0.25, 0.3) is 0 Å². The van der Waals surface area contributed by atoms with E-state index in [-0.39, 0.29) is 12.7 Å². The Hall–Kier alpha value is -1.45. The Morgan fingerprint density at radius 2 is 1.79 bits per heavy atom. The van der Waals surface area contributed by atoms with Crippen LogP contribution >= 0.6 is 0 Å². The summed E-state index contributed by atoms with van der Waals surface area (Å²) in [5.74, 6) is 0. The van der Waals surface area contributed by atoms with Crippen molar-refractivity contribution in [1.82, 2.24) is 0 Å². The topological polar surface area (TPSA) is 9.23 Å². The molecule has 0 saturated carbocycles. The Labute approximate surface area is 79.8 Å². The predicted octanol–water partition coefficient (Wildman–Crippen LogP) is 3.28. The number of alkyl halides is 3. The fourth-order valence-corrected chi connectivity index (χ4v) is 0.844. The molecule has 1 rings (SSSR count). The first-order valence-corrected chi connectivity index (χ1v) is 3.98. The molecule has 0 atom stereocenters. The third kappa shape index (κ3) is 4.54. The van der Waals surface area contributed by atoms with Gasteiger partial charge in [0.1, 0.15) is 6.61 Å². The van der Waals surface area contributed by atoms with Crippen LogP contribution in [0.15, 0.2) is 42.7 Å². The van der Waals surface area contributed by atoms with Crippen LogP contribution in [0, 0.1) is 0 Å². The van der Waals surface area contributed by atoms with Gasteiger partial charge < -0.3 is 4.74 Å². The van der Waals surface area contributed by atoms with Gasteiger partial charge in [-0.25, -0.2) is 0 Å². The fourth-order valence-electron chi connectivity index (χ4n) is 0.844. The molecule has 0 bridgehead atoms. The summed E-state index contributed by atoms with van der Waals surface area (Å²) < 4.78 is 39.5. The van der Waals surface area contributed by atoms with E-state index >= 15 is 0 Å². The van der Waals surface area contributed by atoms with Gasteiger partial charge in [0.25, 0.3) is 0 Å². The third-order valence-electron chi connectivity index (χ3n) is 1.45. The Kier molecular flexibility index (Phi) is 3.56. The minimum absolute atomic E-state index is 0.0654.